The lowest BCUT2D eigenvalue weighted by molar-refractivity contribution is -0.115. The van der Waals surface area contributed by atoms with Crippen LogP contribution in [-0.4, -0.2) is 36.6 Å². The number of anilines is 2. The molecule has 10 heteroatoms. The summed E-state index contributed by atoms with van der Waals surface area (Å²) in [7, 11) is 0. The summed E-state index contributed by atoms with van der Waals surface area (Å²) < 4.78 is 29.2. The van der Waals surface area contributed by atoms with Gasteiger partial charge in [-0.25, -0.2) is 9.78 Å². The maximum absolute atomic E-state index is 12.4. The van der Waals surface area contributed by atoms with Gasteiger partial charge in [0.25, 0.3) is 0 Å². The summed E-state index contributed by atoms with van der Waals surface area (Å²) in [5.41, 5.74) is 0.650. The van der Waals surface area contributed by atoms with Crippen LogP contribution in [0.5, 0.6) is 5.75 Å². The van der Waals surface area contributed by atoms with E-state index in [1.165, 1.54) is 34.4 Å². The lowest BCUT2D eigenvalue weighted by Gasteiger charge is -2.24. The van der Waals surface area contributed by atoms with Gasteiger partial charge in [0.15, 0.2) is 5.13 Å². The second-order valence-corrected chi connectivity index (χ2v) is 6.29. The Bertz CT molecular complexity index is 799. The van der Waals surface area contributed by atoms with Gasteiger partial charge in [0, 0.05) is 18.5 Å². The van der Waals surface area contributed by atoms with Gasteiger partial charge in [0.1, 0.15) is 5.75 Å². The molecule has 7 nitrogen and oxygen atoms in total. The smallest absolute Gasteiger partial charge is 0.387 e. The molecule has 0 radical (unpaired) electrons. The highest BCUT2D eigenvalue weighted by Gasteiger charge is 2.22. The number of hydrogen-bond donors (Lipinski definition) is 2. The fourth-order valence-corrected chi connectivity index (χ4v) is 3.29. The molecule has 2 heterocycles. The number of alkyl halides is 2. The third-order valence-corrected chi connectivity index (χ3v) is 4.48. The summed E-state index contributed by atoms with van der Waals surface area (Å²) in [6, 6.07) is 5.74. The molecular weight excluding hydrogens is 366 g/mol. The third kappa shape index (κ3) is 4.45. The summed E-state index contributed by atoms with van der Waals surface area (Å²) in [5, 5.41) is 7.48. The van der Waals surface area contributed by atoms with Crippen molar-refractivity contribution < 1.29 is 23.1 Å². The highest BCUT2D eigenvalue weighted by molar-refractivity contribution is 7.14. The van der Waals surface area contributed by atoms with Gasteiger partial charge in [-0.05, 0) is 18.6 Å². The zero-order valence-electron chi connectivity index (χ0n) is 13.6. The Balaban J connectivity index is 1.63. The fraction of sp³-hybridized carbons (Fsp3) is 0.312. The Morgan fingerprint density at radius 1 is 1.42 bits per heavy atom. The molecule has 3 rings (SSSR count). The first-order chi connectivity index (χ1) is 12.5. The first-order valence-corrected chi connectivity index (χ1v) is 8.74. The maximum atomic E-state index is 12.4. The first kappa shape index (κ1) is 18.1. The molecule has 138 valence electrons. The average Bonchev–Trinajstić information content (AvgIpc) is 3.04. The number of nitrogens with one attached hydrogen (secondary N) is 2. The summed E-state index contributed by atoms with van der Waals surface area (Å²) >= 11 is 1.27. The number of amides is 3. The number of urea groups is 1. The topological polar surface area (TPSA) is 83.6 Å². The highest BCUT2D eigenvalue weighted by Crippen LogP contribution is 2.26. The lowest BCUT2D eigenvalue weighted by atomic mass is 10.2. The summed E-state index contributed by atoms with van der Waals surface area (Å²) in [5.74, 6) is -0.532. The van der Waals surface area contributed by atoms with Crippen molar-refractivity contribution in [2.45, 2.75) is 19.5 Å². The number of aromatic nitrogens is 1. The molecular formula is C16H16F2N4O3S. The van der Waals surface area contributed by atoms with Crippen molar-refractivity contribution in [3.05, 3.63) is 35.3 Å². The number of benzene rings is 1. The van der Waals surface area contributed by atoms with E-state index in [0.717, 1.165) is 6.42 Å². The minimum Gasteiger partial charge on any atom is -0.433 e. The van der Waals surface area contributed by atoms with E-state index in [2.05, 4.69) is 20.4 Å². The molecule has 1 aromatic heterocycles. The minimum absolute atomic E-state index is 0.0467. The number of carbonyl (C=O) groups excluding carboxylic acids is 2. The van der Waals surface area contributed by atoms with Gasteiger partial charge >= 0.3 is 12.6 Å². The first-order valence-electron chi connectivity index (χ1n) is 7.86. The molecule has 1 aliphatic heterocycles. The van der Waals surface area contributed by atoms with E-state index in [0.29, 0.717) is 23.9 Å². The summed E-state index contributed by atoms with van der Waals surface area (Å²) in [6.45, 7) is -1.77. The van der Waals surface area contributed by atoms with Crippen molar-refractivity contribution >= 4 is 34.1 Å². The molecule has 2 N–H and O–H groups in total. The molecule has 1 fully saturated rings. The standard InChI is InChI=1S/C16H16F2N4O3S/c17-14(18)25-12-5-2-1-4-11(12)21-13(23)8-10-9-26-16(20-10)22-7-3-6-19-15(22)24/h1-2,4-5,9,14H,3,6-8H2,(H,19,24)(H,21,23). The molecule has 1 aromatic carbocycles. The Kier molecular flexibility index (Phi) is 5.61. The molecule has 2 aromatic rings. The number of thiazole rings is 1. The van der Waals surface area contributed by atoms with Gasteiger partial charge in [-0.3, -0.25) is 9.69 Å². The number of para-hydroxylation sites is 2. The monoisotopic (exact) mass is 382 g/mol. The van der Waals surface area contributed by atoms with E-state index >= 15 is 0 Å². The van der Waals surface area contributed by atoms with E-state index in [1.54, 1.807) is 11.4 Å². The van der Waals surface area contributed by atoms with E-state index in [4.69, 9.17) is 0 Å². The normalized spacial score (nSPS) is 14.3. The number of ether oxygens (including phenoxy) is 1. The average molecular weight is 382 g/mol. The zero-order valence-corrected chi connectivity index (χ0v) is 14.4. The van der Waals surface area contributed by atoms with Crippen molar-refractivity contribution in [1.82, 2.24) is 10.3 Å². The maximum Gasteiger partial charge on any atom is 0.387 e. The predicted octanol–water partition coefficient (Wildman–Crippen LogP) is 2.85. The summed E-state index contributed by atoms with van der Waals surface area (Å²) in [6.07, 6.45) is 0.775. The van der Waals surface area contributed by atoms with Crippen LogP contribution in [0.1, 0.15) is 12.1 Å². The third-order valence-electron chi connectivity index (χ3n) is 3.57. The molecule has 0 saturated carbocycles. The summed E-state index contributed by atoms with van der Waals surface area (Å²) in [4.78, 5) is 29.8. The van der Waals surface area contributed by atoms with Gasteiger partial charge in [-0.1, -0.05) is 12.1 Å². The largest absolute Gasteiger partial charge is 0.433 e. The van der Waals surface area contributed by atoms with Crippen molar-refractivity contribution in [2.75, 3.05) is 23.3 Å². The van der Waals surface area contributed by atoms with Crippen molar-refractivity contribution in [1.29, 1.82) is 0 Å². The molecule has 0 unspecified atom stereocenters. The van der Waals surface area contributed by atoms with Crippen LogP contribution in [0.2, 0.25) is 0 Å². The fourth-order valence-electron chi connectivity index (χ4n) is 2.44. The Morgan fingerprint density at radius 2 is 2.23 bits per heavy atom. The van der Waals surface area contributed by atoms with Crippen LogP contribution >= 0.6 is 11.3 Å². The number of hydrogen-bond acceptors (Lipinski definition) is 5. The van der Waals surface area contributed by atoms with Crippen molar-refractivity contribution in [2.24, 2.45) is 0 Å². The Labute approximate surface area is 152 Å². The molecule has 1 saturated heterocycles. The van der Waals surface area contributed by atoms with E-state index in [1.807, 2.05) is 0 Å². The second-order valence-electron chi connectivity index (χ2n) is 5.46. The Hall–Kier alpha value is -2.75. The van der Waals surface area contributed by atoms with Crippen LogP contribution in [-0.2, 0) is 11.2 Å². The molecule has 0 spiro atoms. The molecule has 0 atom stereocenters. The van der Waals surface area contributed by atoms with E-state index in [-0.39, 0.29) is 23.9 Å². The van der Waals surface area contributed by atoms with E-state index in [9.17, 15) is 18.4 Å². The minimum atomic E-state index is -2.98. The van der Waals surface area contributed by atoms with Crippen molar-refractivity contribution in [3.63, 3.8) is 0 Å². The molecule has 0 bridgehead atoms. The molecule has 0 aliphatic carbocycles. The van der Waals surface area contributed by atoms with Crippen LogP contribution in [0.4, 0.5) is 24.4 Å². The van der Waals surface area contributed by atoms with Crippen LogP contribution < -0.4 is 20.3 Å². The molecule has 3 amide bonds. The van der Waals surface area contributed by atoms with Gasteiger partial charge in [-0.2, -0.15) is 8.78 Å². The quantitative estimate of drug-likeness (QED) is 0.805. The highest BCUT2D eigenvalue weighted by atomic mass is 32.1. The van der Waals surface area contributed by atoms with Gasteiger partial charge < -0.3 is 15.4 Å². The van der Waals surface area contributed by atoms with Gasteiger partial charge in [-0.15, -0.1) is 11.3 Å². The van der Waals surface area contributed by atoms with Crippen LogP contribution in [0.15, 0.2) is 29.6 Å². The number of nitrogens with zero attached hydrogens (tertiary/aromatic N) is 2. The van der Waals surface area contributed by atoms with Crippen molar-refractivity contribution in [3.8, 4) is 5.75 Å². The Morgan fingerprint density at radius 3 is 3.00 bits per heavy atom. The SMILES string of the molecule is O=C(Cc1csc(N2CCCNC2=O)n1)Nc1ccccc1OC(F)F. The zero-order chi connectivity index (χ0) is 18.5. The predicted molar refractivity (Wildman–Crippen MR) is 92.9 cm³/mol. The number of rotatable bonds is 6. The van der Waals surface area contributed by atoms with E-state index < -0.39 is 12.5 Å². The molecule has 26 heavy (non-hydrogen) atoms. The second kappa shape index (κ2) is 8.09. The number of halogens is 2. The molecule has 1 aliphatic rings. The van der Waals surface area contributed by atoms with Crippen LogP contribution in [0.3, 0.4) is 0 Å². The number of carbonyl (C=O) groups is 2. The van der Waals surface area contributed by atoms with Crippen LogP contribution in [0.25, 0.3) is 0 Å². The van der Waals surface area contributed by atoms with Gasteiger partial charge in [0.05, 0.1) is 17.8 Å². The van der Waals surface area contributed by atoms with Gasteiger partial charge in [0.2, 0.25) is 5.91 Å². The van der Waals surface area contributed by atoms with Crippen LogP contribution in [0, 0.1) is 0 Å². The lowest BCUT2D eigenvalue weighted by Crippen LogP contribution is -2.46.